The van der Waals surface area contributed by atoms with Crippen LogP contribution in [0.3, 0.4) is 0 Å². The molecule has 0 aromatic carbocycles. The molecule has 1 aliphatic heterocycles. The lowest BCUT2D eigenvalue weighted by atomic mass is 10.1. The third-order valence-electron chi connectivity index (χ3n) is 3.91. The van der Waals surface area contributed by atoms with E-state index in [1.807, 2.05) is 36.7 Å². The number of hydrogen-bond donors (Lipinski definition) is 2. The van der Waals surface area contributed by atoms with E-state index in [0.29, 0.717) is 11.7 Å². The van der Waals surface area contributed by atoms with Crippen LogP contribution in [0.25, 0.3) is 0 Å². The highest BCUT2D eigenvalue weighted by Crippen LogP contribution is 2.22. The Morgan fingerprint density at radius 2 is 2.10 bits per heavy atom. The molecule has 1 aromatic heterocycles. The number of aromatic nitrogens is 1. The quantitative estimate of drug-likeness (QED) is 0.840. The molecule has 1 aromatic rings. The molecule has 2 heterocycles. The number of primary amides is 1. The second kappa shape index (κ2) is 6.76. The van der Waals surface area contributed by atoms with Crippen molar-refractivity contribution in [3.8, 4) is 0 Å². The summed E-state index contributed by atoms with van der Waals surface area (Å²) in [7, 11) is 0. The monoisotopic (exact) mass is 292 g/mol. The van der Waals surface area contributed by atoms with Crippen molar-refractivity contribution in [3.05, 3.63) is 24.0 Å². The maximum Gasteiger partial charge on any atom is 0.271 e. The summed E-state index contributed by atoms with van der Waals surface area (Å²) in [5, 5.41) is 3.32. The van der Waals surface area contributed by atoms with Crippen LogP contribution in [0.5, 0.6) is 0 Å². The van der Waals surface area contributed by atoms with Gasteiger partial charge in [0.2, 0.25) is 5.91 Å². The van der Waals surface area contributed by atoms with E-state index < -0.39 is 5.91 Å². The van der Waals surface area contributed by atoms with Gasteiger partial charge in [-0.25, -0.2) is 0 Å². The van der Waals surface area contributed by atoms with E-state index >= 15 is 0 Å². The highest BCUT2D eigenvalue weighted by molar-refractivity contribution is 5.95. The van der Waals surface area contributed by atoms with Crippen molar-refractivity contribution in [2.24, 2.45) is 5.73 Å². The SMILES string of the molecule is CC(C)N(CC(N)=O)C(=O)c1cccn1C1CCNCC1. The third kappa shape index (κ3) is 3.64. The van der Waals surface area contributed by atoms with Crippen LogP contribution < -0.4 is 11.1 Å². The minimum atomic E-state index is -0.489. The first kappa shape index (κ1) is 15.6. The van der Waals surface area contributed by atoms with E-state index in [4.69, 9.17) is 5.73 Å². The fourth-order valence-electron chi connectivity index (χ4n) is 2.78. The van der Waals surface area contributed by atoms with E-state index in [1.54, 1.807) is 0 Å². The molecule has 0 spiro atoms. The summed E-state index contributed by atoms with van der Waals surface area (Å²) in [5.41, 5.74) is 5.89. The van der Waals surface area contributed by atoms with Crippen LogP contribution in [-0.4, -0.2) is 47.0 Å². The zero-order valence-electron chi connectivity index (χ0n) is 12.7. The normalized spacial score (nSPS) is 16.1. The maximum absolute atomic E-state index is 12.7. The minimum Gasteiger partial charge on any atom is -0.368 e. The Bertz CT molecular complexity index is 504. The average Bonchev–Trinajstić information content (AvgIpc) is 2.94. The number of amides is 2. The van der Waals surface area contributed by atoms with E-state index in [-0.39, 0.29) is 18.5 Å². The molecule has 116 valence electrons. The van der Waals surface area contributed by atoms with Crippen LogP contribution in [0.2, 0.25) is 0 Å². The molecule has 1 aliphatic rings. The van der Waals surface area contributed by atoms with Crippen LogP contribution in [0.4, 0.5) is 0 Å². The molecular weight excluding hydrogens is 268 g/mol. The van der Waals surface area contributed by atoms with Crippen molar-refractivity contribution in [2.75, 3.05) is 19.6 Å². The van der Waals surface area contributed by atoms with E-state index in [9.17, 15) is 9.59 Å². The van der Waals surface area contributed by atoms with Crippen molar-refractivity contribution < 1.29 is 9.59 Å². The Hall–Kier alpha value is -1.82. The molecule has 1 fully saturated rings. The van der Waals surface area contributed by atoms with E-state index in [2.05, 4.69) is 5.32 Å². The van der Waals surface area contributed by atoms with Gasteiger partial charge in [-0.1, -0.05) is 0 Å². The molecule has 0 bridgehead atoms. The Kier molecular flexibility index (Phi) is 5.01. The van der Waals surface area contributed by atoms with Crippen LogP contribution in [0.15, 0.2) is 18.3 Å². The van der Waals surface area contributed by atoms with Crippen molar-refractivity contribution in [3.63, 3.8) is 0 Å². The number of hydrogen-bond acceptors (Lipinski definition) is 3. The summed E-state index contributed by atoms with van der Waals surface area (Å²) in [5.74, 6) is -0.621. The molecular formula is C15H24N4O2. The molecule has 0 atom stereocenters. The molecule has 0 radical (unpaired) electrons. The zero-order valence-corrected chi connectivity index (χ0v) is 12.7. The molecule has 1 saturated heterocycles. The van der Waals surface area contributed by atoms with Crippen molar-refractivity contribution in [2.45, 2.75) is 38.8 Å². The highest BCUT2D eigenvalue weighted by Gasteiger charge is 2.25. The van der Waals surface area contributed by atoms with Gasteiger partial charge in [-0.3, -0.25) is 9.59 Å². The lowest BCUT2D eigenvalue weighted by Crippen LogP contribution is -2.43. The van der Waals surface area contributed by atoms with Crippen LogP contribution >= 0.6 is 0 Å². The first-order chi connectivity index (χ1) is 10.0. The van der Waals surface area contributed by atoms with Crippen LogP contribution in [0.1, 0.15) is 43.2 Å². The van der Waals surface area contributed by atoms with Crippen molar-refractivity contribution in [1.82, 2.24) is 14.8 Å². The predicted octanol–water partition coefficient (Wildman–Crippen LogP) is 0.748. The number of carbonyl (C=O) groups excluding carboxylic acids is 2. The van der Waals surface area contributed by atoms with Gasteiger partial charge in [0.1, 0.15) is 5.69 Å². The summed E-state index contributed by atoms with van der Waals surface area (Å²) in [6.45, 7) is 5.66. The summed E-state index contributed by atoms with van der Waals surface area (Å²) < 4.78 is 2.04. The fraction of sp³-hybridized carbons (Fsp3) is 0.600. The van der Waals surface area contributed by atoms with Gasteiger partial charge >= 0.3 is 0 Å². The number of nitrogens with zero attached hydrogens (tertiary/aromatic N) is 2. The van der Waals surface area contributed by atoms with Crippen LogP contribution in [0, 0.1) is 0 Å². The Morgan fingerprint density at radius 3 is 2.67 bits per heavy atom. The molecule has 2 rings (SSSR count). The lowest BCUT2D eigenvalue weighted by Gasteiger charge is -2.29. The van der Waals surface area contributed by atoms with Crippen LogP contribution in [-0.2, 0) is 4.79 Å². The van der Waals surface area contributed by atoms with Gasteiger partial charge in [0, 0.05) is 18.3 Å². The Morgan fingerprint density at radius 1 is 1.43 bits per heavy atom. The topological polar surface area (TPSA) is 80.4 Å². The predicted molar refractivity (Wildman–Crippen MR) is 80.9 cm³/mol. The number of piperidine rings is 1. The summed E-state index contributed by atoms with van der Waals surface area (Å²) in [6.07, 6.45) is 3.96. The van der Waals surface area contributed by atoms with Gasteiger partial charge in [-0.05, 0) is 51.9 Å². The van der Waals surface area contributed by atoms with Crippen molar-refractivity contribution >= 4 is 11.8 Å². The third-order valence-corrected chi connectivity index (χ3v) is 3.91. The van der Waals surface area contributed by atoms with Gasteiger partial charge in [0.15, 0.2) is 0 Å². The van der Waals surface area contributed by atoms with Gasteiger partial charge in [-0.2, -0.15) is 0 Å². The lowest BCUT2D eigenvalue weighted by molar-refractivity contribution is -0.119. The van der Waals surface area contributed by atoms with Crippen molar-refractivity contribution in [1.29, 1.82) is 0 Å². The highest BCUT2D eigenvalue weighted by atomic mass is 16.2. The second-order valence-electron chi connectivity index (χ2n) is 5.77. The smallest absolute Gasteiger partial charge is 0.271 e. The van der Waals surface area contributed by atoms with Gasteiger partial charge in [0.05, 0.1) is 6.54 Å². The zero-order chi connectivity index (χ0) is 15.4. The standard InChI is InChI=1S/C15H24N4O2/c1-11(2)19(10-14(16)20)15(21)13-4-3-9-18(13)12-5-7-17-8-6-12/h3-4,9,11-12,17H,5-8,10H2,1-2H3,(H2,16,20). The summed E-state index contributed by atoms with van der Waals surface area (Å²) in [6, 6.07) is 3.97. The second-order valence-corrected chi connectivity index (χ2v) is 5.77. The minimum absolute atomic E-state index is 0.0477. The van der Waals surface area contributed by atoms with Gasteiger partial charge < -0.3 is 20.5 Å². The number of rotatable bonds is 5. The molecule has 3 N–H and O–H groups in total. The number of nitrogens with one attached hydrogen (secondary N) is 1. The van der Waals surface area contributed by atoms with Gasteiger partial charge in [0.25, 0.3) is 5.91 Å². The largest absolute Gasteiger partial charge is 0.368 e. The molecule has 0 aliphatic carbocycles. The molecule has 6 heteroatoms. The summed E-state index contributed by atoms with van der Waals surface area (Å²) >= 11 is 0. The summed E-state index contributed by atoms with van der Waals surface area (Å²) in [4.78, 5) is 25.4. The Balaban J connectivity index is 2.21. The van der Waals surface area contributed by atoms with E-state index in [1.165, 1.54) is 4.90 Å². The first-order valence-corrected chi connectivity index (χ1v) is 7.47. The molecule has 2 amide bonds. The maximum atomic E-state index is 12.7. The van der Waals surface area contributed by atoms with E-state index in [0.717, 1.165) is 25.9 Å². The molecule has 0 saturated carbocycles. The molecule has 6 nitrogen and oxygen atoms in total. The average molecular weight is 292 g/mol. The number of nitrogens with two attached hydrogens (primary N) is 1. The Labute approximate surface area is 125 Å². The first-order valence-electron chi connectivity index (χ1n) is 7.47. The molecule has 21 heavy (non-hydrogen) atoms. The fourth-order valence-corrected chi connectivity index (χ4v) is 2.78. The number of carbonyl (C=O) groups is 2. The molecule has 0 unspecified atom stereocenters. The van der Waals surface area contributed by atoms with Gasteiger partial charge in [-0.15, -0.1) is 0 Å².